The van der Waals surface area contributed by atoms with E-state index in [4.69, 9.17) is 35.3 Å². The van der Waals surface area contributed by atoms with Crippen molar-refractivity contribution < 1.29 is 71.1 Å². The number of carbonyl (C=O) groups excluding carboxylic acids is 1. The molecule has 0 heterocycles. The van der Waals surface area contributed by atoms with E-state index in [0.717, 1.165) is 0 Å². The summed E-state index contributed by atoms with van der Waals surface area (Å²) in [4.78, 5) is 27.3. The van der Waals surface area contributed by atoms with Gasteiger partial charge in [0.05, 0.1) is 6.61 Å². The molecular weight excluding hydrogens is 373 g/mol. The summed E-state index contributed by atoms with van der Waals surface area (Å²) in [6, 6.07) is 0. The van der Waals surface area contributed by atoms with Crippen molar-refractivity contribution in [1.29, 1.82) is 0 Å². The molecule has 0 amide bonds. The molecule has 0 saturated carbocycles. The standard InChI is InChI=1S/C6H13O10P.2Na.4H2O.2H/c7-1-2(8)3(9)4(10)5(11)6(12)16-17(13,14)15;;;;;;;;/h2-5,7-11H,1H2,(H2,13,14,15);;;4*1H2;;/t2-,3-,4+,5-;;;;;;;;/m1......../s1. The summed E-state index contributed by atoms with van der Waals surface area (Å²) >= 11 is 0. The summed E-state index contributed by atoms with van der Waals surface area (Å²) in [6.45, 7) is -0.960. The van der Waals surface area contributed by atoms with Crippen molar-refractivity contribution in [1.82, 2.24) is 0 Å². The van der Waals surface area contributed by atoms with Crippen molar-refractivity contribution in [2.24, 2.45) is 0 Å². The minimum absolute atomic E-state index is 0. The fourth-order valence-electron chi connectivity index (χ4n) is 0.833. The van der Waals surface area contributed by atoms with Crippen LogP contribution in [0, 0.1) is 0 Å². The molecule has 0 aliphatic heterocycles. The van der Waals surface area contributed by atoms with Gasteiger partial charge in [0.25, 0.3) is 0 Å². The summed E-state index contributed by atoms with van der Waals surface area (Å²) in [6.07, 6.45) is -8.71. The van der Waals surface area contributed by atoms with Crippen molar-refractivity contribution >= 4 is 72.9 Å². The van der Waals surface area contributed by atoms with Crippen molar-refractivity contribution in [3.63, 3.8) is 0 Å². The van der Waals surface area contributed by atoms with Gasteiger partial charge >= 0.3 is 72.9 Å². The zero-order valence-electron chi connectivity index (χ0n) is 10.3. The Balaban J connectivity index is -0.0000000853. The molecule has 0 saturated heterocycles. The van der Waals surface area contributed by atoms with E-state index in [1.807, 2.05) is 0 Å². The number of aliphatic hydroxyl groups is 5. The van der Waals surface area contributed by atoms with Crippen molar-refractivity contribution in [2.45, 2.75) is 24.4 Å². The molecule has 0 aromatic carbocycles. The number of rotatable bonds is 6. The first-order valence-electron chi connectivity index (χ1n) is 4.22. The predicted octanol–water partition coefficient (Wildman–Crippen LogP) is -8.54. The van der Waals surface area contributed by atoms with E-state index in [1.54, 1.807) is 0 Å². The Morgan fingerprint density at radius 3 is 1.52 bits per heavy atom. The van der Waals surface area contributed by atoms with Crippen LogP contribution in [-0.4, -0.2) is 153 Å². The van der Waals surface area contributed by atoms with E-state index in [9.17, 15) is 9.36 Å². The number of carbonyl (C=O) groups is 1. The second-order valence-corrected chi connectivity index (χ2v) is 4.24. The molecule has 15 N–H and O–H groups in total. The van der Waals surface area contributed by atoms with Crippen LogP contribution >= 0.6 is 7.82 Å². The van der Waals surface area contributed by atoms with Gasteiger partial charge in [-0.25, -0.2) is 9.36 Å². The molecule has 0 unspecified atom stereocenters. The Hall–Kier alpha value is 1.26. The van der Waals surface area contributed by atoms with Crippen LogP contribution in [0.4, 0.5) is 0 Å². The first kappa shape index (κ1) is 44.1. The fraction of sp³-hybridized carbons (Fsp3) is 0.833. The van der Waals surface area contributed by atoms with Crippen molar-refractivity contribution in [3.8, 4) is 0 Å². The van der Waals surface area contributed by atoms with E-state index < -0.39 is 44.8 Å². The molecule has 17 heteroatoms. The number of phosphoric ester groups is 1. The Morgan fingerprint density at radius 1 is 0.913 bits per heavy atom. The Labute approximate surface area is 174 Å². The topological polar surface area (TPSA) is 311 Å². The molecule has 4 atom stereocenters. The molecule has 138 valence electrons. The van der Waals surface area contributed by atoms with Crippen LogP contribution in [0.3, 0.4) is 0 Å². The third-order valence-electron chi connectivity index (χ3n) is 1.71. The fourth-order valence-corrected chi connectivity index (χ4v) is 1.18. The van der Waals surface area contributed by atoms with Crippen LogP contribution in [0.25, 0.3) is 0 Å². The zero-order chi connectivity index (χ0) is 13.8. The van der Waals surface area contributed by atoms with Crippen LogP contribution in [0.1, 0.15) is 0 Å². The maximum absolute atomic E-state index is 10.8. The summed E-state index contributed by atoms with van der Waals surface area (Å²) in [5.74, 6) is -1.88. The average molecular weight is 396 g/mol. The van der Waals surface area contributed by atoms with Gasteiger partial charge in [-0.1, -0.05) is 0 Å². The third-order valence-corrected chi connectivity index (χ3v) is 2.12. The van der Waals surface area contributed by atoms with Crippen LogP contribution in [-0.2, 0) is 13.9 Å². The van der Waals surface area contributed by atoms with Gasteiger partial charge in [-0.3, -0.25) is 9.79 Å². The SMILES string of the molecule is O.O.O.O.O=C(OP(=O)(O)O)[C@H](O)[C@@H](O)[C@H](O)[C@H](O)CO.[NaH].[NaH]. The molecule has 0 aliphatic rings. The second kappa shape index (κ2) is 19.6. The maximum atomic E-state index is 10.8. The quantitative estimate of drug-likeness (QED) is 0.164. The molecule has 14 nitrogen and oxygen atoms in total. The van der Waals surface area contributed by atoms with Gasteiger partial charge in [0.1, 0.15) is 18.3 Å². The van der Waals surface area contributed by atoms with Crippen LogP contribution in [0.2, 0.25) is 0 Å². The molecule has 0 aromatic heterocycles. The van der Waals surface area contributed by atoms with Gasteiger partial charge in [0.15, 0.2) is 6.10 Å². The third kappa shape index (κ3) is 17.9. The Bertz CT molecular complexity index is 312. The van der Waals surface area contributed by atoms with E-state index in [0.29, 0.717) is 0 Å². The van der Waals surface area contributed by atoms with E-state index in [1.165, 1.54) is 0 Å². The molecular formula is C6H23Na2O14P. The molecule has 0 fully saturated rings. The van der Waals surface area contributed by atoms with E-state index in [-0.39, 0.29) is 81.0 Å². The Morgan fingerprint density at radius 2 is 1.26 bits per heavy atom. The van der Waals surface area contributed by atoms with Gasteiger partial charge in [-0.15, -0.1) is 0 Å². The first-order valence-corrected chi connectivity index (χ1v) is 5.75. The van der Waals surface area contributed by atoms with E-state index in [2.05, 4.69) is 4.52 Å². The second-order valence-electron chi connectivity index (χ2n) is 3.08. The van der Waals surface area contributed by atoms with Crippen LogP contribution in [0.5, 0.6) is 0 Å². The summed E-state index contributed by atoms with van der Waals surface area (Å²) in [5, 5.41) is 44.6. The average Bonchev–Trinajstić information content (AvgIpc) is 2.22. The summed E-state index contributed by atoms with van der Waals surface area (Å²) in [5.41, 5.74) is 0. The van der Waals surface area contributed by atoms with Gasteiger partial charge in [0.2, 0.25) is 0 Å². The normalized spacial score (nSPS) is 14.2. The Kier molecular flexibility index (Phi) is 37.5. The molecule has 0 radical (unpaired) electrons. The zero-order valence-corrected chi connectivity index (χ0v) is 11.2. The number of phosphoric acid groups is 1. The summed E-state index contributed by atoms with van der Waals surface area (Å²) < 4.78 is 13.7. The van der Waals surface area contributed by atoms with Crippen LogP contribution in [0.15, 0.2) is 0 Å². The first-order chi connectivity index (χ1) is 7.60. The monoisotopic (exact) mass is 396 g/mol. The van der Waals surface area contributed by atoms with E-state index >= 15 is 0 Å². The molecule has 0 rings (SSSR count). The van der Waals surface area contributed by atoms with Gasteiger partial charge in [-0.05, 0) is 0 Å². The minimum atomic E-state index is -5.19. The van der Waals surface area contributed by atoms with Crippen molar-refractivity contribution in [3.05, 3.63) is 0 Å². The molecule has 0 aliphatic carbocycles. The summed E-state index contributed by atoms with van der Waals surface area (Å²) in [7, 11) is -5.19. The van der Waals surface area contributed by atoms with Crippen molar-refractivity contribution in [2.75, 3.05) is 6.61 Å². The molecule has 0 bridgehead atoms. The number of aliphatic hydroxyl groups excluding tert-OH is 5. The number of hydrogen-bond acceptors (Lipinski definition) is 8. The molecule has 0 aromatic rings. The predicted molar refractivity (Wildman–Crippen MR) is 78.0 cm³/mol. The van der Waals surface area contributed by atoms with Gasteiger partial charge < -0.3 is 52.0 Å². The number of hydrogen-bond donors (Lipinski definition) is 7. The van der Waals surface area contributed by atoms with Gasteiger partial charge in [0, 0.05) is 0 Å². The molecule has 0 spiro atoms. The van der Waals surface area contributed by atoms with Crippen LogP contribution < -0.4 is 0 Å². The molecule has 23 heavy (non-hydrogen) atoms. The van der Waals surface area contributed by atoms with Gasteiger partial charge in [-0.2, -0.15) is 0 Å².